The molecule has 0 spiro atoms. The molecule has 0 bridgehead atoms. The van der Waals surface area contributed by atoms with Crippen molar-refractivity contribution < 1.29 is 5.11 Å². The molecule has 118 valence electrons. The lowest BCUT2D eigenvalue weighted by molar-refractivity contribution is -0.0777. The molecule has 0 saturated heterocycles. The van der Waals surface area contributed by atoms with E-state index in [1.807, 2.05) is 18.7 Å². The highest BCUT2D eigenvalue weighted by Gasteiger charge is 2.43. The van der Waals surface area contributed by atoms with Crippen molar-refractivity contribution in [3.05, 3.63) is 17.5 Å². The molecular weight excluding hydrogens is 260 g/mol. The first-order chi connectivity index (χ1) is 10.1. The van der Waals surface area contributed by atoms with E-state index in [9.17, 15) is 5.11 Å². The average molecular weight is 290 g/mol. The van der Waals surface area contributed by atoms with Crippen LogP contribution in [0, 0.1) is 18.8 Å². The topological polar surface area (TPSA) is 38.0 Å². The third kappa shape index (κ3) is 3.18. The number of aromatic nitrogens is 2. The van der Waals surface area contributed by atoms with Crippen LogP contribution >= 0.6 is 0 Å². The summed E-state index contributed by atoms with van der Waals surface area (Å²) in [6.45, 7) is 2.03. The van der Waals surface area contributed by atoms with Crippen LogP contribution in [-0.4, -0.2) is 20.5 Å². The van der Waals surface area contributed by atoms with Gasteiger partial charge in [-0.3, -0.25) is 4.68 Å². The van der Waals surface area contributed by atoms with E-state index in [1.54, 1.807) is 0 Å². The maximum Gasteiger partial charge on any atom is 0.0733 e. The van der Waals surface area contributed by atoms with Crippen molar-refractivity contribution in [2.24, 2.45) is 18.9 Å². The van der Waals surface area contributed by atoms with Gasteiger partial charge in [0.1, 0.15) is 0 Å². The molecule has 0 radical (unpaired) electrons. The van der Waals surface area contributed by atoms with Gasteiger partial charge in [-0.05, 0) is 37.7 Å². The Hall–Kier alpha value is -0.830. The van der Waals surface area contributed by atoms with Crippen LogP contribution in [0.1, 0.15) is 69.2 Å². The van der Waals surface area contributed by atoms with Crippen LogP contribution in [0.15, 0.2) is 6.07 Å². The summed E-state index contributed by atoms with van der Waals surface area (Å²) in [6.07, 6.45) is 12.2. The highest BCUT2D eigenvalue weighted by molar-refractivity contribution is 5.13. The molecular formula is C18H30N2O. The lowest BCUT2D eigenvalue weighted by Gasteiger charge is -2.45. The zero-order chi connectivity index (χ0) is 14.9. The molecule has 2 aliphatic carbocycles. The molecule has 3 rings (SSSR count). The Kier molecular flexibility index (Phi) is 4.39. The van der Waals surface area contributed by atoms with Crippen molar-refractivity contribution in [3.63, 3.8) is 0 Å². The maximum absolute atomic E-state index is 11.4. The molecule has 2 saturated carbocycles. The van der Waals surface area contributed by atoms with Gasteiger partial charge in [0, 0.05) is 19.2 Å². The van der Waals surface area contributed by atoms with Gasteiger partial charge in [-0.15, -0.1) is 0 Å². The fraction of sp³-hybridized carbons (Fsp3) is 0.833. The predicted octanol–water partition coefficient (Wildman–Crippen LogP) is 3.77. The first-order valence-electron chi connectivity index (χ1n) is 8.80. The predicted molar refractivity (Wildman–Crippen MR) is 85.1 cm³/mol. The number of aliphatic hydroxyl groups is 1. The smallest absolute Gasteiger partial charge is 0.0733 e. The molecule has 1 aromatic heterocycles. The lowest BCUT2D eigenvalue weighted by Crippen LogP contribution is -2.47. The van der Waals surface area contributed by atoms with Crippen molar-refractivity contribution in [3.8, 4) is 0 Å². The van der Waals surface area contributed by atoms with Crippen LogP contribution < -0.4 is 0 Å². The molecule has 1 heterocycles. The van der Waals surface area contributed by atoms with Crippen LogP contribution in [0.4, 0.5) is 0 Å². The molecule has 21 heavy (non-hydrogen) atoms. The standard InChI is InChI=1S/C18H30N2O/c1-14-12-16(20(2)19-14)13-18(21)11-7-6-10-17(18)15-8-4-3-5-9-15/h12,15,17,21H,3-11,13H2,1-2H3. The molecule has 2 aliphatic rings. The molecule has 0 aromatic carbocycles. The second-order valence-electron chi connectivity index (χ2n) is 7.43. The summed E-state index contributed by atoms with van der Waals surface area (Å²) in [7, 11) is 2.00. The average Bonchev–Trinajstić information content (AvgIpc) is 2.77. The second kappa shape index (κ2) is 6.12. The number of nitrogens with zero attached hydrogens (tertiary/aromatic N) is 2. The van der Waals surface area contributed by atoms with Gasteiger partial charge in [0.25, 0.3) is 0 Å². The number of hydrogen-bond donors (Lipinski definition) is 1. The van der Waals surface area contributed by atoms with Crippen molar-refractivity contribution in [2.75, 3.05) is 0 Å². The van der Waals surface area contributed by atoms with E-state index in [1.165, 1.54) is 57.1 Å². The van der Waals surface area contributed by atoms with Crippen LogP contribution in [0.25, 0.3) is 0 Å². The van der Waals surface area contributed by atoms with E-state index >= 15 is 0 Å². The van der Waals surface area contributed by atoms with Gasteiger partial charge in [-0.1, -0.05) is 44.9 Å². The number of hydrogen-bond acceptors (Lipinski definition) is 2. The van der Waals surface area contributed by atoms with Crippen molar-refractivity contribution in [1.82, 2.24) is 9.78 Å². The van der Waals surface area contributed by atoms with E-state index in [-0.39, 0.29) is 0 Å². The molecule has 3 heteroatoms. The molecule has 1 aromatic rings. The third-order valence-corrected chi connectivity index (χ3v) is 5.87. The summed E-state index contributed by atoms with van der Waals surface area (Å²) in [5.74, 6) is 1.25. The van der Waals surface area contributed by atoms with E-state index in [0.717, 1.165) is 24.5 Å². The summed E-state index contributed by atoms with van der Waals surface area (Å²) in [5.41, 5.74) is 1.75. The Morgan fingerprint density at radius 3 is 2.57 bits per heavy atom. The van der Waals surface area contributed by atoms with Gasteiger partial charge in [0.2, 0.25) is 0 Å². The molecule has 2 unspecified atom stereocenters. The largest absolute Gasteiger partial charge is 0.389 e. The first-order valence-corrected chi connectivity index (χ1v) is 8.80. The summed E-state index contributed by atoms with van der Waals surface area (Å²) < 4.78 is 1.96. The van der Waals surface area contributed by atoms with Crippen molar-refractivity contribution >= 4 is 0 Å². The van der Waals surface area contributed by atoms with Crippen LogP contribution in [-0.2, 0) is 13.5 Å². The highest BCUT2D eigenvalue weighted by Crippen LogP contribution is 2.45. The first kappa shape index (κ1) is 15.1. The Balaban J connectivity index is 1.79. The SMILES string of the molecule is Cc1cc(CC2(O)CCCCC2C2CCCCC2)n(C)n1. The van der Waals surface area contributed by atoms with Crippen LogP contribution in [0.2, 0.25) is 0 Å². The van der Waals surface area contributed by atoms with Gasteiger partial charge in [0.15, 0.2) is 0 Å². The Bertz CT molecular complexity index is 476. The second-order valence-corrected chi connectivity index (χ2v) is 7.43. The van der Waals surface area contributed by atoms with Gasteiger partial charge < -0.3 is 5.11 Å². The van der Waals surface area contributed by atoms with E-state index in [4.69, 9.17) is 0 Å². The molecule has 0 aliphatic heterocycles. The fourth-order valence-corrected chi connectivity index (χ4v) is 4.82. The molecule has 2 fully saturated rings. The van der Waals surface area contributed by atoms with Gasteiger partial charge in [-0.2, -0.15) is 5.10 Å². The van der Waals surface area contributed by atoms with E-state index < -0.39 is 5.60 Å². The van der Waals surface area contributed by atoms with Crippen LogP contribution in [0.3, 0.4) is 0 Å². The Labute approximate surface area is 128 Å². The summed E-state index contributed by atoms with van der Waals surface area (Å²) in [4.78, 5) is 0. The minimum atomic E-state index is -0.500. The molecule has 1 N–H and O–H groups in total. The minimum absolute atomic E-state index is 0.500. The van der Waals surface area contributed by atoms with Crippen molar-refractivity contribution in [2.45, 2.75) is 76.7 Å². The van der Waals surface area contributed by atoms with E-state index in [0.29, 0.717) is 5.92 Å². The third-order valence-electron chi connectivity index (χ3n) is 5.87. The maximum atomic E-state index is 11.4. The zero-order valence-electron chi connectivity index (χ0n) is 13.6. The lowest BCUT2D eigenvalue weighted by atomic mass is 9.64. The normalized spacial score (nSPS) is 31.5. The summed E-state index contributed by atoms with van der Waals surface area (Å²) in [5, 5.41) is 15.9. The molecule has 3 nitrogen and oxygen atoms in total. The number of aryl methyl sites for hydroxylation is 2. The Morgan fingerprint density at radius 2 is 1.90 bits per heavy atom. The summed E-state index contributed by atoms with van der Waals surface area (Å²) in [6, 6.07) is 2.14. The van der Waals surface area contributed by atoms with Gasteiger partial charge in [-0.25, -0.2) is 0 Å². The highest BCUT2D eigenvalue weighted by atomic mass is 16.3. The molecule has 2 atom stereocenters. The monoisotopic (exact) mass is 290 g/mol. The Morgan fingerprint density at radius 1 is 1.19 bits per heavy atom. The molecule has 0 amide bonds. The van der Waals surface area contributed by atoms with E-state index in [2.05, 4.69) is 11.2 Å². The number of rotatable bonds is 3. The zero-order valence-corrected chi connectivity index (χ0v) is 13.6. The fourth-order valence-electron chi connectivity index (χ4n) is 4.82. The van der Waals surface area contributed by atoms with Gasteiger partial charge in [0.05, 0.1) is 11.3 Å². The minimum Gasteiger partial charge on any atom is -0.389 e. The summed E-state index contributed by atoms with van der Waals surface area (Å²) >= 11 is 0. The van der Waals surface area contributed by atoms with Gasteiger partial charge >= 0.3 is 0 Å². The quantitative estimate of drug-likeness (QED) is 0.920. The van der Waals surface area contributed by atoms with Crippen molar-refractivity contribution in [1.29, 1.82) is 0 Å². The van der Waals surface area contributed by atoms with Crippen LogP contribution in [0.5, 0.6) is 0 Å².